The molecule has 2 amide bonds. The number of anilines is 1. The lowest BCUT2D eigenvalue weighted by Crippen LogP contribution is -2.49. The van der Waals surface area contributed by atoms with E-state index in [4.69, 9.17) is 0 Å². The van der Waals surface area contributed by atoms with E-state index < -0.39 is 16.1 Å². The highest BCUT2D eigenvalue weighted by atomic mass is 32.2. The summed E-state index contributed by atoms with van der Waals surface area (Å²) in [6.45, 7) is 4.30. The monoisotopic (exact) mass is 533 g/mol. The molecule has 1 aliphatic carbocycles. The van der Waals surface area contributed by atoms with Gasteiger partial charge in [-0.05, 0) is 56.2 Å². The number of nitrogens with one attached hydrogen (secondary N) is 1. The molecule has 1 N–H and O–H groups in total. The minimum Gasteiger partial charge on any atom is -0.352 e. The molecule has 1 heterocycles. The van der Waals surface area contributed by atoms with Crippen LogP contribution in [0, 0.1) is 6.92 Å². The van der Waals surface area contributed by atoms with E-state index in [9.17, 15) is 18.0 Å². The molecular formula is C30H35N3O4S. The zero-order valence-electron chi connectivity index (χ0n) is 22.0. The average Bonchev–Trinajstić information content (AvgIpc) is 3.48. The Labute approximate surface area is 224 Å². The van der Waals surface area contributed by atoms with Gasteiger partial charge in [-0.15, -0.1) is 0 Å². The summed E-state index contributed by atoms with van der Waals surface area (Å²) in [5.41, 5.74) is 2.71. The third kappa shape index (κ3) is 5.14. The zero-order chi connectivity index (χ0) is 26.9. The van der Waals surface area contributed by atoms with Gasteiger partial charge in [-0.2, -0.15) is 0 Å². The molecule has 7 nitrogen and oxygen atoms in total. The highest BCUT2D eigenvalue weighted by Crippen LogP contribution is 2.42. The Kier molecular flexibility index (Phi) is 7.43. The maximum absolute atomic E-state index is 13.5. The number of hydrogen-bond donors (Lipinski definition) is 1. The molecule has 0 saturated heterocycles. The van der Waals surface area contributed by atoms with Crippen molar-refractivity contribution in [1.82, 2.24) is 10.2 Å². The number of carbonyl (C=O) groups excluding carboxylic acids is 2. The van der Waals surface area contributed by atoms with Crippen molar-refractivity contribution in [3.05, 3.63) is 71.8 Å². The molecule has 0 radical (unpaired) electrons. The first kappa shape index (κ1) is 26.2. The van der Waals surface area contributed by atoms with E-state index in [0.29, 0.717) is 23.5 Å². The van der Waals surface area contributed by atoms with Gasteiger partial charge >= 0.3 is 0 Å². The maximum Gasteiger partial charge on any atom is 0.265 e. The van der Waals surface area contributed by atoms with Crippen molar-refractivity contribution in [2.24, 2.45) is 0 Å². The first-order chi connectivity index (χ1) is 18.3. The van der Waals surface area contributed by atoms with Crippen LogP contribution in [0.2, 0.25) is 0 Å². The summed E-state index contributed by atoms with van der Waals surface area (Å²) in [6.07, 6.45) is 4.67. The van der Waals surface area contributed by atoms with Crippen LogP contribution >= 0.6 is 0 Å². The molecule has 200 valence electrons. The van der Waals surface area contributed by atoms with E-state index in [1.54, 1.807) is 24.0 Å². The number of benzene rings is 3. The third-order valence-electron chi connectivity index (χ3n) is 7.74. The fraction of sp³-hybridized carbons (Fsp3) is 0.400. The number of sulfonamides is 1. The molecule has 0 spiro atoms. The minimum atomic E-state index is -3.67. The predicted octanol–water partition coefficient (Wildman–Crippen LogP) is 4.91. The lowest BCUT2D eigenvalue weighted by Gasteiger charge is -2.30. The number of amides is 2. The summed E-state index contributed by atoms with van der Waals surface area (Å²) in [6, 6.07) is 18.4. The lowest BCUT2D eigenvalue weighted by molar-refractivity contribution is -0.141. The van der Waals surface area contributed by atoms with Gasteiger partial charge in [-0.1, -0.05) is 66.9 Å². The number of rotatable bonds is 9. The highest BCUT2D eigenvalue weighted by Gasteiger charge is 2.35. The highest BCUT2D eigenvalue weighted by molar-refractivity contribution is 7.93. The standard InChI is InChI=1S/C30H35N3O4S/c1-21-9-5-10-23(19-21)20-32(22(2)30(35)31-25-13-3-4-14-25)28(34)17-8-18-33-26-15-6-11-24-12-7-16-27(29(24)26)38(33,36)37/h5-7,9-12,15-16,19,22,25H,3-4,8,13-14,17-18,20H2,1-2H3,(H,31,35)/t22-/m0/s1. The summed E-state index contributed by atoms with van der Waals surface area (Å²) in [4.78, 5) is 28.6. The smallest absolute Gasteiger partial charge is 0.265 e. The van der Waals surface area contributed by atoms with Gasteiger partial charge in [-0.25, -0.2) is 8.42 Å². The number of carbonyl (C=O) groups is 2. The Bertz CT molecular complexity index is 1460. The normalized spacial score (nSPS) is 17.1. The quantitative estimate of drug-likeness (QED) is 0.423. The van der Waals surface area contributed by atoms with Crippen molar-refractivity contribution in [2.45, 2.75) is 75.9 Å². The molecular weight excluding hydrogens is 498 g/mol. The first-order valence-corrected chi connectivity index (χ1v) is 14.9. The lowest BCUT2D eigenvalue weighted by atomic mass is 10.1. The van der Waals surface area contributed by atoms with Crippen LogP contribution in [-0.2, 0) is 26.2 Å². The predicted molar refractivity (Wildman–Crippen MR) is 149 cm³/mol. The number of hydrogen-bond acceptors (Lipinski definition) is 4. The molecule has 0 aromatic heterocycles. The molecule has 1 fully saturated rings. The Morgan fingerprint density at radius 1 is 1.05 bits per heavy atom. The van der Waals surface area contributed by atoms with Gasteiger partial charge < -0.3 is 10.2 Å². The van der Waals surface area contributed by atoms with Crippen molar-refractivity contribution < 1.29 is 18.0 Å². The minimum absolute atomic E-state index is 0.137. The van der Waals surface area contributed by atoms with Crippen molar-refractivity contribution >= 4 is 38.3 Å². The van der Waals surface area contributed by atoms with E-state index in [-0.39, 0.29) is 30.8 Å². The Morgan fingerprint density at radius 3 is 2.50 bits per heavy atom. The van der Waals surface area contributed by atoms with Crippen molar-refractivity contribution in [2.75, 3.05) is 10.8 Å². The SMILES string of the molecule is Cc1cccc(CN(C(=O)CCCN2c3cccc4cccc(c34)S2(=O)=O)[C@@H](C)C(=O)NC2CCCC2)c1. The number of aryl methyl sites for hydroxylation is 1. The molecule has 5 rings (SSSR count). The molecule has 1 atom stereocenters. The molecule has 0 unspecified atom stereocenters. The van der Waals surface area contributed by atoms with Crippen LogP contribution in [0.5, 0.6) is 0 Å². The van der Waals surface area contributed by atoms with Crippen LogP contribution in [0.4, 0.5) is 5.69 Å². The Balaban J connectivity index is 1.30. The summed E-state index contributed by atoms with van der Waals surface area (Å²) in [7, 11) is -3.67. The van der Waals surface area contributed by atoms with E-state index in [0.717, 1.165) is 47.6 Å². The van der Waals surface area contributed by atoms with Crippen LogP contribution in [0.15, 0.2) is 65.6 Å². The molecule has 8 heteroatoms. The second-order valence-corrected chi connectivity index (χ2v) is 12.3. The molecule has 1 saturated carbocycles. The summed E-state index contributed by atoms with van der Waals surface area (Å²) >= 11 is 0. The summed E-state index contributed by atoms with van der Waals surface area (Å²) in [5.74, 6) is -0.296. The topological polar surface area (TPSA) is 86.8 Å². The molecule has 0 bridgehead atoms. The van der Waals surface area contributed by atoms with Crippen LogP contribution < -0.4 is 9.62 Å². The molecule has 38 heavy (non-hydrogen) atoms. The van der Waals surface area contributed by atoms with Gasteiger partial charge in [0, 0.05) is 30.9 Å². The van der Waals surface area contributed by atoms with Gasteiger partial charge in [-0.3, -0.25) is 13.9 Å². The summed E-state index contributed by atoms with van der Waals surface area (Å²) in [5, 5.41) is 4.74. The fourth-order valence-corrected chi connectivity index (χ4v) is 7.45. The van der Waals surface area contributed by atoms with E-state index in [2.05, 4.69) is 5.32 Å². The van der Waals surface area contributed by atoms with Crippen LogP contribution in [-0.4, -0.2) is 43.8 Å². The van der Waals surface area contributed by atoms with E-state index >= 15 is 0 Å². The van der Waals surface area contributed by atoms with Crippen LogP contribution in [0.25, 0.3) is 10.8 Å². The van der Waals surface area contributed by atoms with Crippen LogP contribution in [0.3, 0.4) is 0 Å². The summed E-state index contributed by atoms with van der Waals surface area (Å²) < 4.78 is 28.0. The van der Waals surface area contributed by atoms with E-state index in [1.807, 2.05) is 55.5 Å². The second kappa shape index (κ2) is 10.8. The molecule has 1 aliphatic heterocycles. The van der Waals surface area contributed by atoms with Gasteiger partial charge in [0.15, 0.2) is 0 Å². The molecule has 2 aliphatic rings. The maximum atomic E-state index is 13.5. The second-order valence-electron chi connectivity index (χ2n) is 10.5. The largest absolute Gasteiger partial charge is 0.352 e. The third-order valence-corrected chi connectivity index (χ3v) is 9.59. The molecule has 3 aromatic carbocycles. The van der Waals surface area contributed by atoms with Gasteiger partial charge in [0.05, 0.1) is 10.6 Å². The first-order valence-electron chi connectivity index (χ1n) is 13.5. The Hall–Kier alpha value is -3.39. The fourth-order valence-electron chi connectivity index (χ4n) is 5.70. The van der Waals surface area contributed by atoms with E-state index in [1.165, 1.54) is 4.31 Å². The van der Waals surface area contributed by atoms with Crippen molar-refractivity contribution in [1.29, 1.82) is 0 Å². The van der Waals surface area contributed by atoms with Crippen molar-refractivity contribution in [3.63, 3.8) is 0 Å². The Morgan fingerprint density at radius 2 is 1.76 bits per heavy atom. The average molecular weight is 534 g/mol. The van der Waals surface area contributed by atoms with Gasteiger partial charge in [0.2, 0.25) is 11.8 Å². The molecule has 3 aromatic rings. The van der Waals surface area contributed by atoms with Gasteiger partial charge in [0.25, 0.3) is 10.0 Å². The number of nitrogens with zero attached hydrogens (tertiary/aromatic N) is 2. The zero-order valence-corrected chi connectivity index (χ0v) is 22.8. The van der Waals surface area contributed by atoms with Crippen molar-refractivity contribution in [3.8, 4) is 0 Å². The van der Waals surface area contributed by atoms with Gasteiger partial charge in [0.1, 0.15) is 6.04 Å². The van der Waals surface area contributed by atoms with Crippen LogP contribution in [0.1, 0.15) is 56.6 Å².